The summed E-state index contributed by atoms with van der Waals surface area (Å²) in [6, 6.07) is 15.5. The maximum absolute atomic E-state index is 13.3. The van der Waals surface area contributed by atoms with Crippen LogP contribution in [-0.4, -0.2) is 20.2 Å². The number of aryl methyl sites for hydroxylation is 1. The van der Waals surface area contributed by atoms with Crippen LogP contribution < -0.4 is 9.04 Å². The average molecular weight is 402 g/mol. The lowest BCUT2D eigenvalue weighted by molar-refractivity contribution is 0.306. The van der Waals surface area contributed by atoms with Crippen molar-refractivity contribution < 1.29 is 13.2 Å². The third-order valence-corrected chi connectivity index (χ3v) is 7.39. The fourth-order valence-corrected chi connectivity index (χ4v) is 6.14. The van der Waals surface area contributed by atoms with Crippen LogP contribution in [0.25, 0.3) is 0 Å². The van der Waals surface area contributed by atoms with E-state index in [0.29, 0.717) is 18.0 Å². The molecule has 2 aromatic carbocycles. The fourth-order valence-electron chi connectivity index (χ4n) is 3.96. The van der Waals surface area contributed by atoms with Crippen LogP contribution in [-0.2, 0) is 16.6 Å². The Bertz CT molecular complexity index is 872. The Morgan fingerprint density at radius 2 is 1.75 bits per heavy atom. The van der Waals surface area contributed by atoms with E-state index in [0.717, 1.165) is 36.8 Å². The summed E-state index contributed by atoms with van der Waals surface area (Å²) in [4.78, 5) is 0. The van der Waals surface area contributed by atoms with Crippen LogP contribution in [0.5, 0.6) is 5.75 Å². The third kappa shape index (κ3) is 5.07. The highest BCUT2D eigenvalue weighted by molar-refractivity contribution is 7.92. The standard InChI is InChI=1S/C23H31NO3S/c1-18(2)24(28(25,26)17-21-11-7-8-12-21)22-14-13-19(3)15-23(22)27-16-20-9-5-4-6-10-20/h4-6,9-10,13-15,18,21H,7-8,11-12,16-17H2,1-3H3. The fraction of sp³-hybridized carbons (Fsp3) is 0.478. The van der Waals surface area contributed by atoms with Crippen molar-refractivity contribution in [1.29, 1.82) is 0 Å². The van der Waals surface area contributed by atoms with Gasteiger partial charge in [0.15, 0.2) is 0 Å². The zero-order valence-electron chi connectivity index (χ0n) is 17.1. The lowest BCUT2D eigenvalue weighted by atomic mass is 10.1. The van der Waals surface area contributed by atoms with E-state index >= 15 is 0 Å². The minimum atomic E-state index is -3.42. The second kappa shape index (κ2) is 8.99. The summed E-state index contributed by atoms with van der Waals surface area (Å²) in [5.74, 6) is 1.11. The molecular formula is C23H31NO3S. The number of hydrogen-bond donors (Lipinski definition) is 0. The number of ether oxygens (including phenoxy) is 1. The molecule has 0 bridgehead atoms. The van der Waals surface area contributed by atoms with Gasteiger partial charge in [0.05, 0.1) is 11.4 Å². The Morgan fingerprint density at radius 3 is 2.39 bits per heavy atom. The first-order valence-electron chi connectivity index (χ1n) is 10.2. The lowest BCUT2D eigenvalue weighted by Gasteiger charge is -2.31. The predicted molar refractivity (Wildman–Crippen MR) is 115 cm³/mol. The number of rotatable bonds is 8. The van der Waals surface area contributed by atoms with E-state index in [1.807, 2.05) is 69.3 Å². The molecule has 0 amide bonds. The summed E-state index contributed by atoms with van der Waals surface area (Å²) in [6.07, 6.45) is 4.29. The Balaban J connectivity index is 1.89. The molecule has 28 heavy (non-hydrogen) atoms. The van der Waals surface area contributed by atoms with Gasteiger partial charge in [-0.1, -0.05) is 49.2 Å². The van der Waals surface area contributed by atoms with E-state index in [1.54, 1.807) is 4.31 Å². The molecule has 0 saturated heterocycles. The van der Waals surface area contributed by atoms with Crippen LogP contribution in [0.15, 0.2) is 48.5 Å². The maximum atomic E-state index is 13.3. The van der Waals surface area contributed by atoms with Crippen LogP contribution >= 0.6 is 0 Å². The molecule has 5 heteroatoms. The highest BCUT2D eigenvalue weighted by atomic mass is 32.2. The Kier molecular flexibility index (Phi) is 6.65. The molecule has 0 atom stereocenters. The van der Waals surface area contributed by atoms with E-state index in [4.69, 9.17) is 4.74 Å². The van der Waals surface area contributed by atoms with Gasteiger partial charge >= 0.3 is 0 Å². The van der Waals surface area contributed by atoms with E-state index in [-0.39, 0.29) is 17.7 Å². The van der Waals surface area contributed by atoms with Gasteiger partial charge in [0.25, 0.3) is 0 Å². The van der Waals surface area contributed by atoms with Crippen molar-refractivity contribution in [3.63, 3.8) is 0 Å². The van der Waals surface area contributed by atoms with E-state index in [2.05, 4.69) is 0 Å². The van der Waals surface area contributed by atoms with Crippen molar-refractivity contribution in [1.82, 2.24) is 0 Å². The van der Waals surface area contributed by atoms with Crippen LogP contribution in [0.2, 0.25) is 0 Å². The second-order valence-corrected chi connectivity index (χ2v) is 9.95. The van der Waals surface area contributed by atoms with Crippen molar-refractivity contribution >= 4 is 15.7 Å². The van der Waals surface area contributed by atoms with Gasteiger partial charge in [0, 0.05) is 6.04 Å². The number of hydrogen-bond acceptors (Lipinski definition) is 3. The molecular weight excluding hydrogens is 370 g/mol. The highest BCUT2D eigenvalue weighted by Gasteiger charge is 2.31. The first kappa shape index (κ1) is 20.7. The van der Waals surface area contributed by atoms with Gasteiger partial charge in [-0.15, -0.1) is 0 Å². The predicted octanol–water partition coefficient (Wildman–Crippen LogP) is 5.31. The molecule has 1 saturated carbocycles. The van der Waals surface area contributed by atoms with Gasteiger partial charge in [-0.3, -0.25) is 4.31 Å². The third-order valence-electron chi connectivity index (χ3n) is 5.28. The van der Waals surface area contributed by atoms with Crippen molar-refractivity contribution in [2.75, 3.05) is 10.1 Å². The van der Waals surface area contributed by atoms with Crippen molar-refractivity contribution in [2.24, 2.45) is 5.92 Å². The minimum Gasteiger partial charge on any atom is -0.487 e. The molecule has 0 spiro atoms. The average Bonchev–Trinajstić information content (AvgIpc) is 3.14. The van der Waals surface area contributed by atoms with Gasteiger partial charge in [-0.25, -0.2) is 8.42 Å². The van der Waals surface area contributed by atoms with Gasteiger partial charge < -0.3 is 4.74 Å². The first-order chi connectivity index (χ1) is 13.4. The van der Waals surface area contributed by atoms with Crippen LogP contribution in [0.1, 0.15) is 50.7 Å². The quantitative estimate of drug-likeness (QED) is 0.602. The van der Waals surface area contributed by atoms with Crippen molar-refractivity contribution in [2.45, 2.75) is 59.1 Å². The normalized spacial score (nSPS) is 15.1. The molecule has 2 aromatic rings. The number of benzene rings is 2. The molecule has 0 unspecified atom stereocenters. The summed E-state index contributed by atoms with van der Waals surface area (Å²) >= 11 is 0. The van der Waals surface area contributed by atoms with E-state index in [1.165, 1.54) is 0 Å². The van der Waals surface area contributed by atoms with Crippen LogP contribution in [0.4, 0.5) is 5.69 Å². The molecule has 0 N–H and O–H groups in total. The molecule has 1 aliphatic carbocycles. The zero-order valence-corrected chi connectivity index (χ0v) is 17.9. The van der Waals surface area contributed by atoms with Gasteiger partial charge in [0.1, 0.15) is 12.4 Å². The second-order valence-electron chi connectivity index (χ2n) is 8.06. The SMILES string of the molecule is Cc1ccc(N(C(C)C)S(=O)(=O)CC2CCCC2)c(OCc2ccccc2)c1. The maximum Gasteiger partial charge on any atom is 0.235 e. The number of nitrogens with zero attached hydrogens (tertiary/aromatic N) is 1. The molecule has 0 heterocycles. The molecule has 0 aliphatic heterocycles. The topological polar surface area (TPSA) is 46.6 Å². The van der Waals surface area contributed by atoms with Gasteiger partial charge in [-0.2, -0.15) is 0 Å². The van der Waals surface area contributed by atoms with Crippen molar-refractivity contribution in [3.05, 3.63) is 59.7 Å². The molecule has 3 rings (SSSR count). The number of sulfonamides is 1. The van der Waals surface area contributed by atoms with Crippen LogP contribution in [0.3, 0.4) is 0 Å². The summed E-state index contributed by atoms with van der Waals surface area (Å²) in [5, 5.41) is 0. The summed E-state index contributed by atoms with van der Waals surface area (Å²) in [6.45, 7) is 6.25. The monoisotopic (exact) mass is 401 g/mol. The summed E-state index contributed by atoms with van der Waals surface area (Å²) in [5.41, 5.74) is 2.73. The zero-order chi connectivity index (χ0) is 20.1. The van der Waals surface area contributed by atoms with E-state index in [9.17, 15) is 8.42 Å². The lowest BCUT2D eigenvalue weighted by Crippen LogP contribution is -2.40. The largest absolute Gasteiger partial charge is 0.487 e. The first-order valence-corrected chi connectivity index (χ1v) is 11.8. The van der Waals surface area contributed by atoms with Gasteiger partial charge in [0.2, 0.25) is 10.0 Å². The minimum absolute atomic E-state index is 0.173. The van der Waals surface area contributed by atoms with Gasteiger partial charge in [-0.05, 0) is 62.8 Å². The van der Waals surface area contributed by atoms with Crippen LogP contribution in [0, 0.1) is 12.8 Å². The molecule has 4 nitrogen and oxygen atoms in total. The summed E-state index contributed by atoms with van der Waals surface area (Å²) < 4.78 is 34.3. The molecule has 152 valence electrons. The molecule has 1 aliphatic rings. The Hall–Kier alpha value is -2.01. The molecule has 1 fully saturated rings. The van der Waals surface area contributed by atoms with E-state index < -0.39 is 10.0 Å². The Labute approximate surface area is 169 Å². The smallest absolute Gasteiger partial charge is 0.235 e. The molecule has 0 radical (unpaired) electrons. The summed E-state index contributed by atoms with van der Waals surface area (Å²) in [7, 11) is -3.42. The van der Waals surface area contributed by atoms with Crippen molar-refractivity contribution in [3.8, 4) is 5.75 Å². The highest BCUT2D eigenvalue weighted by Crippen LogP contribution is 2.35. The Morgan fingerprint density at radius 1 is 1.07 bits per heavy atom. The molecule has 0 aromatic heterocycles. The number of anilines is 1.